The molecule has 118 valence electrons. The molecule has 2 N–H and O–H groups in total. The molecule has 0 unspecified atom stereocenters. The summed E-state index contributed by atoms with van der Waals surface area (Å²) in [5, 5.41) is 7.18. The van der Waals surface area contributed by atoms with Crippen molar-refractivity contribution in [3.8, 4) is 0 Å². The number of fused-ring (bicyclic) bond motifs is 1. The molecule has 0 bridgehead atoms. The lowest BCUT2D eigenvalue weighted by atomic mass is 10.1. The van der Waals surface area contributed by atoms with Crippen LogP contribution in [0.25, 0.3) is 10.8 Å². The Morgan fingerprint density at radius 2 is 1.91 bits per heavy atom. The second-order valence-corrected chi connectivity index (χ2v) is 5.93. The van der Waals surface area contributed by atoms with Gasteiger partial charge < -0.3 is 10.6 Å². The van der Waals surface area contributed by atoms with E-state index in [2.05, 4.69) is 10.6 Å². The van der Waals surface area contributed by atoms with Crippen molar-refractivity contribution in [1.29, 1.82) is 0 Å². The molecule has 0 aromatic heterocycles. The Bertz CT molecular complexity index is 757. The fourth-order valence-corrected chi connectivity index (χ4v) is 3.13. The third kappa shape index (κ3) is 3.45. The number of urea groups is 1. The number of nitrogens with one attached hydrogen (secondary N) is 2. The zero-order valence-electron chi connectivity index (χ0n) is 12.2. The first-order valence-corrected chi connectivity index (χ1v) is 8.13. The minimum absolute atomic E-state index is 0.182. The SMILES string of the molecule is O=C(NCCN1C(=O)CSC1=O)Nc1cccc2ccccc12. The van der Waals surface area contributed by atoms with Gasteiger partial charge in [-0.3, -0.25) is 14.5 Å². The van der Waals surface area contributed by atoms with Crippen LogP contribution in [0, 0.1) is 0 Å². The van der Waals surface area contributed by atoms with Crippen molar-refractivity contribution in [3.05, 3.63) is 42.5 Å². The Kier molecular flexibility index (Phi) is 4.47. The summed E-state index contributed by atoms with van der Waals surface area (Å²) in [6, 6.07) is 13.1. The van der Waals surface area contributed by atoms with Gasteiger partial charge >= 0.3 is 6.03 Å². The van der Waals surface area contributed by atoms with Crippen molar-refractivity contribution in [2.45, 2.75) is 0 Å². The monoisotopic (exact) mass is 329 g/mol. The van der Waals surface area contributed by atoms with Crippen LogP contribution in [-0.4, -0.2) is 40.9 Å². The van der Waals surface area contributed by atoms with Crippen molar-refractivity contribution in [3.63, 3.8) is 0 Å². The molecule has 1 aliphatic rings. The number of hydrogen-bond donors (Lipinski definition) is 2. The van der Waals surface area contributed by atoms with Crippen molar-refractivity contribution in [1.82, 2.24) is 10.2 Å². The summed E-state index contributed by atoms with van der Waals surface area (Å²) in [6.45, 7) is 0.405. The molecule has 1 heterocycles. The maximum Gasteiger partial charge on any atom is 0.319 e. The molecule has 0 radical (unpaired) electrons. The number of benzene rings is 2. The summed E-state index contributed by atoms with van der Waals surface area (Å²) < 4.78 is 0. The van der Waals surface area contributed by atoms with Gasteiger partial charge in [-0.15, -0.1) is 0 Å². The molecule has 2 aromatic carbocycles. The van der Waals surface area contributed by atoms with Crippen molar-refractivity contribution >= 4 is 45.4 Å². The Labute approximate surface area is 137 Å². The lowest BCUT2D eigenvalue weighted by Crippen LogP contribution is -2.39. The van der Waals surface area contributed by atoms with E-state index in [1.54, 1.807) is 0 Å². The Morgan fingerprint density at radius 3 is 2.70 bits per heavy atom. The Balaban J connectivity index is 1.57. The molecule has 0 saturated carbocycles. The number of hydrogen-bond acceptors (Lipinski definition) is 4. The van der Waals surface area contributed by atoms with E-state index in [1.165, 1.54) is 0 Å². The molecular weight excluding hydrogens is 314 g/mol. The fraction of sp³-hybridized carbons (Fsp3) is 0.188. The molecule has 0 atom stereocenters. The maximum absolute atomic E-state index is 12.0. The zero-order valence-corrected chi connectivity index (χ0v) is 13.1. The first-order chi connectivity index (χ1) is 11.1. The van der Waals surface area contributed by atoms with Crippen LogP contribution >= 0.6 is 11.8 Å². The smallest absolute Gasteiger partial charge is 0.319 e. The van der Waals surface area contributed by atoms with Crippen LogP contribution in [0.5, 0.6) is 0 Å². The predicted octanol–water partition coefficient (Wildman–Crippen LogP) is 2.66. The minimum atomic E-state index is -0.367. The van der Waals surface area contributed by atoms with Crippen molar-refractivity contribution in [2.75, 3.05) is 24.2 Å². The highest BCUT2D eigenvalue weighted by atomic mass is 32.2. The van der Waals surface area contributed by atoms with Gasteiger partial charge in [-0.05, 0) is 11.5 Å². The topological polar surface area (TPSA) is 78.5 Å². The quantitative estimate of drug-likeness (QED) is 0.904. The van der Waals surface area contributed by atoms with Crippen LogP contribution in [-0.2, 0) is 4.79 Å². The molecule has 1 aliphatic heterocycles. The highest BCUT2D eigenvalue weighted by molar-refractivity contribution is 8.14. The van der Waals surface area contributed by atoms with Gasteiger partial charge in [0, 0.05) is 18.5 Å². The normalized spacial score (nSPS) is 14.3. The lowest BCUT2D eigenvalue weighted by Gasteiger charge is -2.14. The number of amides is 4. The van der Waals surface area contributed by atoms with Gasteiger partial charge in [0.2, 0.25) is 5.91 Å². The summed E-state index contributed by atoms with van der Waals surface area (Å²) in [6.07, 6.45) is 0. The molecule has 3 rings (SSSR count). The fourth-order valence-electron chi connectivity index (χ4n) is 2.38. The van der Waals surface area contributed by atoms with Crippen LogP contribution in [0.4, 0.5) is 15.3 Å². The van der Waals surface area contributed by atoms with Gasteiger partial charge in [0.15, 0.2) is 0 Å². The van der Waals surface area contributed by atoms with E-state index in [1.807, 2.05) is 42.5 Å². The summed E-state index contributed by atoms with van der Waals surface area (Å²) in [7, 11) is 0. The van der Waals surface area contributed by atoms with E-state index in [4.69, 9.17) is 0 Å². The maximum atomic E-state index is 12.0. The summed E-state index contributed by atoms with van der Waals surface area (Å²) in [4.78, 5) is 36.0. The van der Waals surface area contributed by atoms with Gasteiger partial charge in [0.25, 0.3) is 5.24 Å². The molecule has 0 aliphatic carbocycles. The van der Waals surface area contributed by atoms with Crippen LogP contribution in [0.1, 0.15) is 0 Å². The molecule has 6 nitrogen and oxygen atoms in total. The van der Waals surface area contributed by atoms with Crippen LogP contribution in [0.2, 0.25) is 0 Å². The van der Waals surface area contributed by atoms with Crippen LogP contribution in [0.15, 0.2) is 42.5 Å². The van der Waals surface area contributed by atoms with Gasteiger partial charge in [0.1, 0.15) is 0 Å². The Hall–Kier alpha value is -2.54. The number of carbonyl (C=O) groups is 3. The summed E-state index contributed by atoms with van der Waals surface area (Å²) in [5.41, 5.74) is 0.712. The number of nitrogens with zero attached hydrogens (tertiary/aromatic N) is 1. The molecule has 1 saturated heterocycles. The number of rotatable bonds is 4. The van der Waals surface area contributed by atoms with Crippen molar-refractivity contribution < 1.29 is 14.4 Å². The minimum Gasteiger partial charge on any atom is -0.336 e. The standard InChI is InChI=1S/C16H15N3O3S/c20-14-10-23-16(22)19(14)9-8-17-15(21)18-13-7-3-5-11-4-1-2-6-12(11)13/h1-7H,8-10H2,(H2,17,18,21). The molecule has 4 amide bonds. The largest absolute Gasteiger partial charge is 0.336 e. The average molecular weight is 329 g/mol. The van der Waals surface area contributed by atoms with E-state index in [9.17, 15) is 14.4 Å². The number of anilines is 1. The first kappa shape index (κ1) is 15.4. The molecule has 7 heteroatoms. The van der Waals surface area contributed by atoms with Gasteiger partial charge in [-0.1, -0.05) is 48.2 Å². The van der Waals surface area contributed by atoms with Crippen LogP contribution < -0.4 is 10.6 Å². The third-order valence-corrected chi connectivity index (χ3v) is 4.36. The molecule has 0 spiro atoms. The first-order valence-electron chi connectivity index (χ1n) is 7.15. The third-order valence-electron chi connectivity index (χ3n) is 3.50. The Morgan fingerprint density at radius 1 is 1.13 bits per heavy atom. The van der Waals surface area contributed by atoms with E-state index < -0.39 is 0 Å². The second-order valence-electron chi connectivity index (χ2n) is 5.01. The molecule has 1 fully saturated rings. The van der Waals surface area contributed by atoms with Gasteiger partial charge in [-0.2, -0.15) is 0 Å². The summed E-state index contributed by atoms with van der Waals surface area (Å²) >= 11 is 0.985. The van der Waals surface area contributed by atoms with Gasteiger partial charge in [0.05, 0.1) is 11.4 Å². The predicted molar refractivity (Wildman–Crippen MR) is 90.5 cm³/mol. The zero-order chi connectivity index (χ0) is 16.2. The number of thioether (sulfide) groups is 1. The highest BCUT2D eigenvalue weighted by Gasteiger charge is 2.29. The number of imide groups is 1. The summed E-state index contributed by atoms with van der Waals surface area (Å²) in [5.74, 6) is -0.0302. The molecular formula is C16H15N3O3S. The van der Waals surface area contributed by atoms with E-state index >= 15 is 0 Å². The van der Waals surface area contributed by atoms with Crippen molar-refractivity contribution in [2.24, 2.45) is 0 Å². The van der Waals surface area contributed by atoms with E-state index in [0.717, 1.165) is 27.4 Å². The number of carbonyl (C=O) groups excluding carboxylic acids is 3. The average Bonchev–Trinajstić information content (AvgIpc) is 2.87. The highest BCUT2D eigenvalue weighted by Crippen LogP contribution is 2.22. The van der Waals surface area contributed by atoms with Crippen LogP contribution in [0.3, 0.4) is 0 Å². The van der Waals surface area contributed by atoms with E-state index in [-0.39, 0.29) is 36.0 Å². The van der Waals surface area contributed by atoms with E-state index in [0.29, 0.717) is 5.69 Å². The molecule has 2 aromatic rings. The van der Waals surface area contributed by atoms with Gasteiger partial charge in [-0.25, -0.2) is 4.79 Å². The lowest BCUT2D eigenvalue weighted by molar-refractivity contribution is -0.124. The molecule has 23 heavy (non-hydrogen) atoms. The second kappa shape index (κ2) is 6.70.